The first-order valence-corrected chi connectivity index (χ1v) is 12.1. The Labute approximate surface area is 199 Å². The Morgan fingerprint density at radius 2 is 0.706 bits per heavy atom. The second-order valence-electron chi connectivity index (χ2n) is 9.55. The number of hydrogen-bond donors (Lipinski definition) is 0. The summed E-state index contributed by atoms with van der Waals surface area (Å²) in [5.41, 5.74) is 7.89. The summed E-state index contributed by atoms with van der Waals surface area (Å²) in [7, 11) is 0. The molecule has 6 aromatic rings. The third-order valence-corrected chi connectivity index (χ3v) is 7.84. The maximum Gasteiger partial charge on any atom is 0.0535 e. The first-order valence-electron chi connectivity index (χ1n) is 12.1. The minimum Gasteiger partial charge on any atom is -0.316 e. The molecule has 2 heteroatoms. The van der Waals surface area contributed by atoms with Gasteiger partial charge in [-0.25, -0.2) is 0 Å². The van der Waals surface area contributed by atoms with Crippen molar-refractivity contribution in [3.8, 4) is 0 Å². The number of nitrogens with zero attached hydrogens (tertiary/aromatic N) is 2. The standard InChI is InChI=1S/C32H26N2/c1-21-22(2)28(20-34-31-17-9-5-13-25(31)26-14-6-10-18-32(26)34)27(21)19-33-29-15-7-3-11-23(29)24-12-4-8-16-30(24)33/h3-22H,1-2H3/b27-19+,28-20+/t21-,22-/m1/s1. The summed E-state index contributed by atoms with van der Waals surface area (Å²) in [5, 5.41) is 5.23. The van der Waals surface area contributed by atoms with E-state index in [0.717, 1.165) is 0 Å². The van der Waals surface area contributed by atoms with Crippen molar-refractivity contribution in [1.29, 1.82) is 0 Å². The van der Waals surface area contributed by atoms with Crippen molar-refractivity contribution in [3.05, 3.63) is 108 Å². The first-order chi connectivity index (χ1) is 16.7. The van der Waals surface area contributed by atoms with Crippen LogP contribution in [0.15, 0.2) is 108 Å². The van der Waals surface area contributed by atoms with Crippen LogP contribution in [-0.4, -0.2) is 9.13 Å². The third kappa shape index (κ3) is 2.63. The molecule has 2 nitrogen and oxygen atoms in total. The lowest BCUT2D eigenvalue weighted by atomic mass is 9.67. The van der Waals surface area contributed by atoms with Crippen LogP contribution in [0.25, 0.3) is 56.0 Å². The number of hydrogen-bond acceptors (Lipinski definition) is 0. The van der Waals surface area contributed by atoms with Crippen LogP contribution in [0.5, 0.6) is 0 Å². The molecule has 34 heavy (non-hydrogen) atoms. The lowest BCUT2D eigenvalue weighted by molar-refractivity contribution is 0.432. The van der Waals surface area contributed by atoms with Crippen LogP contribution in [0.1, 0.15) is 13.8 Å². The quantitative estimate of drug-likeness (QED) is 0.256. The average molecular weight is 439 g/mol. The summed E-state index contributed by atoms with van der Waals surface area (Å²) in [6.45, 7) is 4.71. The minimum absolute atomic E-state index is 0.513. The van der Waals surface area contributed by atoms with Crippen LogP contribution in [0.3, 0.4) is 0 Å². The van der Waals surface area contributed by atoms with Crippen LogP contribution >= 0.6 is 0 Å². The van der Waals surface area contributed by atoms with Gasteiger partial charge in [-0.05, 0) is 47.2 Å². The van der Waals surface area contributed by atoms with Crippen molar-refractivity contribution in [1.82, 2.24) is 9.13 Å². The molecule has 0 spiro atoms. The number of benzene rings is 4. The van der Waals surface area contributed by atoms with Crippen LogP contribution in [-0.2, 0) is 0 Å². The van der Waals surface area contributed by atoms with E-state index >= 15 is 0 Å². The number of allylic oxidation sites excluding steroid dienone is 2. The molecule has 1 fully saturated rings. The van der Waals surface area contributed by atoms with Gasteiger partial charge in [-0.3, -0.25) is 0 Å². The summed E-state index contributed by atoms with van der Waals surface area (Å²) < 4.78 is 4.78. The largest absolute Gasteiger partial charge is 0.316 e. The molecule has 0 aliphatic heterocycles. The smallest absolute Gasteiger partial charge is 0.0535 e. The highest BCUT2D eigenvalue weighted by Crippen LogP contribution is 2.47. The Morgan fingerprint density at radius 3 is 1.00 bits per heavy atom. The van der Waals surface area contributed by atoms with Crippen LogP contribution in [0.4, 0.5) is 0 Å². The van der Waals surface area contributed by atoms with Gasteiger partial charge < -0.3 is 9.13 Å². The zero-order valence-electron chi connectivity index (χ0n) is 19.4. The maximum absolute atomic E-state index is 2.39. The first kappa shape index (κ1) is 19.4. The SMILES string of the molecule is C[C@H]1C(=C\n2c3ccccc3c3ccccc32)/C(=C/n2c3ccccc3c3ccccc32)[C@@H]1C. The van der Waals surface area contributed by atoms with E-state index in [1.807, 2.05) is 0 Å². The van der Waals surface area contributed by atoms with Crippen molar-refractivity contribution in [2.24, 2.45) is 11.8 Å². The predicted octanol–water partition coefficient (Wildman–Crippen LogP) is 8.57. The van der Waals surface area contributed by atoms with Gasteiger partial charge in [0, 0.05) is 33.9 Å². The van der Waals surface area contributed by atoms with E-state index < -0.39 is 0 Å². The van der Waals surface area contributed by atoms with Crippen molar-refractivity contribution in [2.75, 3.05) is 0 Å². The Hall–Kier alpha value is -4.04. The second-order valence-corrected chi connectivity index (χ2v) is 9.55. The highest BCUT2D eigenvalue weighted by molar-refractivity contribution is 6.10. The fourth-order valence-electron chi connectivity index (χ4n) is 5.81. The molecule has 0 saturated heterocycles. The van der Waals surface area contributed by atoms with Gasteiger partial charge in [-0.2, -0.15) is 0 Å². The number of fused-ring (bicyclic) bond motifs is 6. The maximum atomic E-state index is 2.39. The Balaban J connectivity index is 1.47. The Morgan fingerprint density at radius 1 is 0.441 bits per heavy atom. The molecule has 1 saturated carbocycles. The van der Waals surface area contributed by atoms with Crippen molar-refractivity contribution < 1.29 is 0 Å². The molecule has 0 N–H and O–H groups in total. The van der Waals surface area contributed by atoms with Crippen molar-refractivity contribution in [3.63, 3.8) is 0 Å². The molecule has 2 atom stereocenters. The Bertz CT molecular complexity index is 1550. The van der Waals surface area contributed by atoms with Gasteiger partial charge in [0.1, 0.15) is 0 Å². The molecule has 7 rings (SSSR count). The van der Waals surface area contributed by atoms with Crippen LogP contribution in [0.2, 0.25) is 0 Å². The normalized spacial score (nSPS) is 20.8. The fourth-order valence-corrected chi connectivity index (χ4v) is 5.81. The lowest BCUT2D eigenvalue weighted by Gasteiger charge is -2.38. The molecular formula is C32H26N2. The van der Waals surface area contributed by atoms with Crippen LogP contribution in [0, 0.1) is 11.8 Å². The summed E-state index contributed by atoms with van der Waals surface area (Å²) in [6.07, 6.45) is 4.77. The zero-order valence-corrected chi connectivity index (χ0v) is 19.4. The molecule has 0 amide bonds. The number of aromatic nitrogens is 2. The van der Waals surface area contributed by atoms with Gasteiger partial charge in [0.15, 0.2) is 0 Å². The van der Waals surface area contributed by atoms with E-state index in [1.54, 1.807) is 0 Å². The van der Waals surface area contributed by atoms with Crippen LogP contribution < -0.4 is 0 Å². The molecule has 0 radical (unpaired) electrons. The molecule has 0 unspecified atom stereocenters. The number of rotatable bonds is 2. The highest BCUT2D eigenvalue weighted by Gasteiger charge is 2.35. The zero-order chi connectivity index (χ0) is 22.8. The third-order valence-electron chi connectivity index (χ3n) is 7.84. The van der Waals surface area contributed by atoms with E-state index in [1.165, 1.54) is 54.8 Å². The topological polar surface area (TPSA) is 9.86 Å². The van der Waals surface area contributed by atoms with Gasteiger partial charge in [-0.1, -0.05) is 86.6 Å². The molecular weight excluding hydrogens is 412 g/mol. The van der Waals surface area contributed by atoms with Gasteiger partial charge in [0.2, 0.25) is 0 Å². The Kier molecular flexibility index (Phi) is 4.13. The average Bonchev–Trinajstić information content (AvgIpc) is 3.39. The molecule has 4 aromatic carbocycles. The van der Waals surface area contributed by atoms with E-state index in [9.17, 15) is 0 Å². The molecule has 2 heterocycles. The summed E-state index contributed by atoms with van der Waals surface area (Å²) in [6, 6.07) is 34.9. The van der Waals surface area contributed by atoms with Crippen molar-refractivity contribution >= 4 is 56.0 Å². The fraction of sp³-hybridized carbons (Fsp3) is 0.125. The van der Waals surface area contributed by atoms with Gasteiger partial charge in [-0.15, -0.1) is 0 Å². The molecule has 164 valence electrons. The van der Waals surface area contributed by atoms with Gasteiger partial charge in [0.25, 0.3) is 0 Å². The van der Waals surface area contributed by atoms with Gasteiger partial charge in [0.05, 0.1) is 22.1 Å². The van der Waals surface area contributed by atoms with Gasteiger partial charge >= 0.3 is 0 Å². The second kappa shape index (κ2) is 7.23. The molecule has 2 aromatic heterocycles. The summed E-state index contributed by atoms with van der Waals surface area (Å²) in [5.74, 6) is 1.03. The molecule has 1 aliphatic rings. The molecule has 0 bridgehead atoms. The van der Waals surface area contributed by atoms with E-state index in [-0.39, 0.29) is 0 Å². The predicted molar refractivity (Wildman–Crippen MR) is 146 cm³/mol. The van der Waals surface area contributed by atoms with Crippen molar-refractivity contribution in [2.45, 2.75) is 13.8 Å². The summed E-state index contributed by atoms with van der Waals surface area (Å²) in [4.78, 5) is 0. The lowest BCUT2D eigenvalue weighted by Crippen LogP contribution is -2.28. The summed E-state index contributed by atoms with van der Waals surface area (Å²) >= 11 is 0. The van der Waals surface area contributed by atoms with E-state index in [2.05, 4.69) is 132 Å². The highest BCUT2D eigenvalue weighted by atomic mass is 15.0. The molecule has 1 aliphatic carbocycles. The minimum atomic E-state index is 0.513. The van der Waals surface area contributed by atoms with E-state index in [4.69, 9.17) is 0 Å². The number of para-hydroxylation sites is 4. The monoisotopic (exact) mass is 438 g/mol. The van der Waals surface area contributed by atoms with E-state index in [0.29, 0.717) is 11.8 Å².